The van der Waals surface area contributed by atoms with Crippen molar-refractivity contribution in [2.45, 2.75) is 50.1 Å². The molecule has 7 rings (SSSR count). The number of piperidine rings is 2. The molecule has 0 amide bonds. The first kappa shape index (κ1) is 48.5. The van der Waals surface area contributed by atoms with Crippen LogP contribution in [0.4, 0.5) is 80.5 Å². The molecule has 1 aromatic rings. The standard InChI is InChI=1S/2C12H10F5N.C12H8N2.F6P.Ir/c2*13-8-2-3-9(10(14)5-8)11-4-1-7(6-18-11)12(15,16)17;1-3-9-5-6-10-4-2-8-14-12(10)11(9)13-7-1;1-7(2,3,4,5)6;/h2*2,5,7,11H,1,4,6H2;1-8H;;/q3*-2;-1;. The molecule has 0 spiro atoms. The molecular weight excluding hydrogens is 1020 g/mol. The normalized spacial score (nSPS) is 24.6. The van der Waals surface area contributed by atoms with Crippen molar-refractivity contribution in [3.63, 3.8) is 0 Å². The zero-order valence-electron chi connectivity index (χ0n) is 29.1. The molecule has 1 aromatic carbocycles. The summed E-state index contributed by atoms with van der Waals surface area (Å²) in [6, 6.07) is 2.83. The van der Waals surface area contributed by atoms with Crippen molar-refractivity contribution in [1.82, 2.24) is 0 Å². The molecule has 4 aliphatic heterocycles. The van der Waals surface area contributed by atoms with Crippen molar-refractivity contribution >= 4 is 31.3 Å². The zero-order chi connectivity index (χ0) is 42.5. The molecule has 0 aromatic heterocycles. The Morgan fingerprint density at radius 2 is 0.948 bits per heavy atom. The van der Waals surface area contributed by atoms with Crippen molar-refractivity contribution < 1.29 is 89.2 Å². The molecule has 4 nitrogen and oxygen atoms in total. The number of hydrogen-bond donors (Lipinski definition) is 0. The van der Waals surface area contributed by atoms with Crippen LogP contribution < -0.4 is 10.4 Å². The van der Waals surface area contributed by atoms with Crippen molar-refractivity contribution in [2.24, 2.45) is 11.8 Å². The number of alkyl halides is 6. The molecule has 22 heteroatoms. The maximum absolute atomic E-state index is 13.4. The van der Waals surface area contributed by atoms with E-state index < -0.39 is 68.1 Å². The van der Waals surface area contributed by atoms with E-state index in [-0.39, 0.29) is 70.0 Å². The fourth-order valence-corrected chi connectivity index (χ4v) is 5.70. The van der Waals surface area contributed by atoms with E-state index in [0.717, 1.165) is 34.0 Å². The molecule has 58 heavy (non-hydrogen) atoms. The first-order valence-electron chi connectivity index (χ1n) is 16.5. The third-order valence-corrected chi connectivity index (χ3v) is 8.38. The molecule has 0 saturated carbocycles. The molecule has 325 valence electrons. The van der Waals surface area contributed by atoms with Gasteiger partial charge in [-0.3, -0.25) is 29.0 Å². The van der Waals surface area contributed by atoms with Gasteiger partial charge in [-0.05, 0) is 23.3 Å². The predicted molar refractivity (Wildman–Crippen MR) is 184 cm³/mol. The number of fused-ring (bicyclic) bond motifs is 3. The van der Waals surface area contributed by atoms with E-state index in [0.29, 0.717) is 12.2 Å². The van der Waals surface area contributed by atoms with Gasteiger partial charge >= 0.3 is 45.3 Å². The minimum atomic E-state index is -10.7. The van der Waals surface area contributed by atoms with Crippen LogP contribution in [0, 0.1) is 24.2 Å². The summed E-state index contributed by atoms with van der Waals surface area (Å²) in [5.41, 5.74) is 6.84. The van der Waals surface area contributed by atoms with Crippen LogP contribution in [0.2, 0.25) is 0 Å². The van der Waals surface area contributed by atoms with E-state index in [2.05, 4.69) is 57.0 Å². The molecule has 4 heterocycles. The summed E-state index contributed by atoms with van der Waals surface area (Å²) in [4.78, 5) is 0. The molecule has 0 bridgehead atoms. The van der Waals surface area contributed by atoms with Gasteiger partial charge in [-0.15, -0.1) is 72.0 Å². The zero-order valence-corrected chi connectivity index (χ0v) is 32.4. The Kier molecular flexibility index (Phi) is 15.2. The van der Waals surface area contributed by atoms with E-state index >= 15 is 0 Å². The molecule has 1 radical (unpaired) electrons. The molecule has 4 unspecified atom stereocenters. The number of hydrogen-bond acceptors (Lipinski definition) is 0. The summed E-state index contributed by atoms with van der Waals surface area (Å²) >= 11 is 0. The van der Waals surface area contributed by atoms with Gasteiger partial charge in [-0.2, -0.15) is 38.7 Å². The Balaban J connectivity index is 0.000000215. The van der Waals surface area contributed by atoms with Gasteiger partial charge in [0.2, 0.25) is 0 Å². The number of nitrogens with zero attached hydrogens (tertiary/aromatic N) is 4. The van der Waals surface area contributed by atoms with E-state index in [1.165, 1.54) is 0 Å². The van der Waals surface area contributed by atoms with Crippen LogP contribution in [0.1, 0.15) is 25.7 Å². The third kappa shape index (κ3) is 15.7. The maximum Gasteiger partial charge on any atom is 0 e. The molecule has 2 fully saturated rings. The molecule has 6 aliphatic rings. The van der Waals surface area contributed by atoms with E-state index in [4.69, 9.17) is 0 Å². The minimum absolute atomic E-state index is 0. The summed E-state index contributed by atoms with van der Waals surface area (Å²) in [6.07, 6.45) is 4.76. The number of halogens is 16. The van der Waals surface area contributed by atoms with Crippen LogP contribution in [-0.4, -0.2) is 37.5 Å². The topological polar surface area (TPSA) is 56.4 Å². The Bertz CT molecular complexity index is 1880. The van der Waals surface area contributed by atoms with Gasteiger partial charge in [0, 0.05) is 55.9 Å². The average molecular weight is 1040 g/mol. The maximum atomic E-state index is 13.4. The quantitative estimate of drug-likeness (QED) is 0.123. The van der Waals surface area contributed by atoms with Gasteiger partial charge in [0.15, 0.2) is 0 Å². The Morgan fingerprint density at radius 3 is 1.22 bits per heavy atom. The Labute approximate surface area is 334 Å². The van der Waals surface area contributed by atoms with Gasteiger partial charge in [-0.25, -0.2) is 0 Å². The fraction of sp³-hybridized carbons (Fsp3) is 0.333. The molecule has 0 N–H and O–H groups in total. The number of benzene rings is 1. The minimum Gasteiger partial charge on any atom is 0 e. The summed E-state index contributed by atoms with van der Waals surface area (Å²) in [7, 11) is -10.7. The molecule has 4 atom stereocenters. The van der Waals surface area contributed by atoms with Crippen LogP contribution in [0.3, 0.4) is 0 Å². The first-order valence-corrected chi connectivity index (χ1v) is 18.5. The molecular formula is C36H28F16IrN4P-7. The summed E-state index contributed by atoms with van der Waals surface area (Å²) in [5, 5.41) is 18.6. The second-order valence-corrected chi connectivity index (χ2v) is 14.6. The van der Waals surface area contributed by atoms with Gasteiger partial charge in [0.05, 0.1) is 0 Å². The van der Waals surface area contributed by atoms with Crippen molar-refractivity contribution in [3.05, 3.63) is 139 Å². The fourth-order valence-electron chi connectivity index (χ4n) is 5.70. The van der Waals surface area contributed by atoms with Crippen LogP contribution in [-0.2, 0) is 20.1 Å². The third-order valence-electron chi connectivity index (χ3n) is 8.38. The van der Waals surface area contributed by atoms with Crippen LogP contribution in [0.15, 0.2) is 95.3 Å². The largest absolute Gasteiger partial charge is 0 e. The second kappa shape index (κ2) is 18.2. The summed E-state index contributed by atoms with van der Waals surface area (Å²) in [6.45, 7) is -0.752. The SMILES string of the molecule is C1=C[N-]c2c3c(ccc2=C1)=CC=C[N-]3.FC1=C[C-](F)C(C2CCC(C(F)(F)F)C[N-]2)=C=C1.FC1=C[C-](F)C(C2CCC(C(F)(F)F)C[N-]2)=C=C1.F[P-](F)(F)(F)(F)F.[Ir]. The number of rotatable bonds is 2. The van der Waals surface area contributed by atoms with Crippen molar-refractivity contribution in [2.75, 3.05) is 13.1 Å². The van der Waals surface area contributed by atoms with Crippen LogP contribution in [0.25, 0.3) is 33.4 Å². The molecule has 2 aliphatic carbocycles. The smallest absolute Gasteiger partial charge is 0 e. The Hall–Kier alpha value is -3.82. The Morgan fingerprint density at radius 1 is 0.603 bits per heavy atom. The second-order valence-electron chi connectivity index (χ2n) is 12.7. The van der Waals surface area contributed by atoms with Gasteiger partial charge in [0.1, 0.15) is 0 Å². The summed E-state index contributed by atoms with van der Waals surface area (Å²) in [5.74, 6) is -4.45. The average Bonchev–Trinajstić information content (AvgIpc) is 3.10. The van der Waals surface area contributed by atoms with Gasteiger partial charge in [-0.1, -0.05) is 49.3 Å². The van der Waals surface area contributed by atoms with Crippen LogP contribution >= 0.6 is 7.81 Å². The van der Waals surface area contributed by atoms with E-state index in [1.807, 2.05) is 12.2 Å². The van der Waals surface area contributed by atoms with Crippen molar-refractivity contribution in [1.29, 1.82) is 0 Å². The van der Waals surface area contributed by atoms with Crippen LogP contribution in [0.5, 0.6) is 0 Å². The first-order chi connectivity index (χ1) is 26.2. The van der Waals surface area contributed by atoms with E-state index in [1.54, 1.807) is 12.4 Å². The van der Waals surface area contributed by atoms with Gasteiger partial charge < -0.3 is 21.3 Å². The molecule has 2 saturated heterocycles. The predicted octanol–water partition coefficient (Wildman–Crippen LogP) is 14.0. The summed E-state index contributed by atoms with van der Waals surface area (Å²) < 4.78 is 186. The number of allylic oxidation sites excluding steroid dienone is 6. The van der Waals surface area contributed by atoms with E-state index in [9.17, 15) is 69.1 Å². The monoisotopic (exact) mass is 1040 g/mol. The van der Waals surface area contributed by atoms with Crippen molar-refractivity contribution in [3.8, 4) is 0 Å². The van der Waals surface area contributed by atoms with Gasteiger partial charge in [0.25, 0.3) is 0 Å².